The van der Waals surface area contributed by atoms with E-state index >= 15 is 0 Å². The molecule has 0 atom stereocenters. The van der Waals surface area contributed by atoms with Crippen molar-refractivity contribution in [3.8, 4) is 0 Å². The minimum Gasteiger partial charge on any atom is -0.378 e. The van der Waals surface area contributed by atoms with Crippen LogP contribution >= 0.6 is 0 Å². The molecule has 28 heavy (non-hydrogen) atoms. The number of nitrogens with one attached hydrogen (secondary N) is 1. The molecular weight excluding hydrogens is 352 g/mol. The summed E-state index contributed by atoms with van der Waals surface area (Å²) in [6.45, 7) is 11.7. The summed E-state index contributed by atoms with van der Waals surface area (Å²) in [5.41, 5.74) is 4.42. The van der Waals surface area contributed by atoms with Crippen LogP contribution in [0.4, 0.5) is 0 Å². The molecule has 1 aliphatic heterocycles. The number of aromatic nitrogens is 3. The summed E-state index contributed by atoms with van der Waals surface area (Å²) in [7, 11) is 1.76. The molecule has 0 radical (unpaired) electrons. The molecule has 0 bridgehead atoms. The Hall–Kier alpha value is -2.47. The highest BCUT2D eigenvalue weighted by atomic mass is 16.5. The number of hydrogen-bond acceptors (Lipinski definition) is 5. The molecule has 0 unspecified atom stereocenters. The van der Waals surface area contributed by atoms with Gasteiger partial charge in [-0.3, -0.25) is 4.79 Å². The largest absolute Gasteiger partial charge is 0.378 e. The highest BCUT2D eigenvalue weighted by molar-refractivity contribution is 6.08. The molecule has 0 aliphatic carbocycles. The maximum atomic E-state index is 12.8. The number of likely N-dealkylation sites (tertiary alicyclic amines) is 1. The van der Waals surface area contributed by atoms with Gasteiger partial charge < -0.3 is 14.6 Å². The minimum absolute atomic E-state index is 0.0585. The Morgan fingerprint density at radius 3 is 2.68 bits per heavy atom. The number of fused-ring (bicyclic) bond motifs is 1. The van der Waals surface area contributed by atoms with E-state index in [0.717, 1.165) is 30.8 Å². The van der Waals surface area contributed by atoms with Gasteiger partial charge in [-0.15, -0.1) is 0 Å². The summed E-state index contributed by atoms with van der Waals surface area (Å²) in [5, 5.41) is 0. The Balaban J connectivity index is 1.95. The van der Waals surface area contributed by atoms with E-state index in [1.165, 1.54) is 5.70 Å². The fourth-order valence-corrected chi connectivity index (χ4v) is 3.33. The number of rotatable bonds is 6. The van der Waals surface area contributed by atoms with Crippen molar-refractivity contribution in [2.45, 2.75) is 47.1 Å². The van der Waals surface area contributed by atoms with Crippen LogP contribution in [0.3, 0.4) is 0 Å². The monoisotopic (exact) mass is 382 g/mol. The summed E-state index contributed by atoms with van der Waals surface area (Å²) < 4.78 is 5.39. The predicted octanol–water partition coefficient (Wildman–Crippen LogP) is 4.21. The Kier molecular flexibility index (Phi) is 5.70. The minimum atomic E-state index is -0.471. The number of carbonyl (C=O) groups excluding carboxylic acids is 1. The SMILES string of the molecule is C/C=C(\C=C(/CC)N1CC(OC)C1)c1cnc2[nH]cc(C(=O)C(C)(C)C)c2n1. The summed E-state index contributed by atoms with van der Waals surface area (Å²) in [6.07, 6.45) is 8.93. The first-order chi connectivity index (χ1) is 13.3. The second kappa shape index (κ2) is 7.87. The predicted molar refractivity (Wildman–Crippen MR) is 112 cm³/mol. The van der Waals surface area contributed by atoms with Gasteiger partial charge in [-0.05, 0) is 25.0 Å². The van der Waals surface area contributed by atoms with Gasteiger partial charge in [0, 0.05) is 37.5 Å². The molecule has 6 heteroatoms. The van der Waals surface area contributed by atoms with E-state index in [2.05, 4.69) is 27.9 Å². The van der Waals surface area contributed by atoms with Gasteiger partial charge in [-0.1, -0.05) is 33.8 Å². The molecule has 1 saturated heterocycles. The van der Waals surface area contributed by atoms with E-state index < -0.39 is 5.41 Å². The van der Waals surface area contributed by atoms with Crippen LogP contribution in [-0.2, 0) is 4.74 Å². The van der Waals surface area contributed by atoms with Crippen LogP contribution in [0.5, 0.6) is 0 Å². The van der Waals surface area contributed by atoms with E-state index in [4.69, 9.17) is 9.72 Å². The number of methoxy groups -OCH3 is 1. The first-order valence-corrected chi connectivity index (χ1v) is 9.82. The fraction of sp³-hybridized carbons (Fsp3) is 0.500. The average Bonchev–Trinajstić information content (AvgIpc) is 3.05. The number of ketones is 1. The Bertz CT molecular complexity index is 928. The molecule has 2 aromatic heterocycles. The number of allylic oxidation sites excluding steroid dienone is 4. The smallest absolute Gasteiger partial charge is 0.171 e. The summed E-state index contributed by atoms with van der Waals surface area (Å²) >= 11 is 0. The summed E-state index contributed by atoms with van der Waals surface area (Å²) in [5.74, 6) is 0.0585. The number of aromatic amines is 1. The van der Waals surface area contributed by atoms with Crippen LogP contribution in [0.15, 0.2) is 30.2 Å². The van der Waals surface area contributed by atoms with Crippen LogP contribution in [0.2, 0.25) is 0 Å². The van der Waals surface area contributed by atoms with E-state index in [1.54, 1.807) is 19.5 Å². The molecule has 0 spiro atoms. The molecule has 3 heterocycles. The average molecular weight is 383 g/mol. The topological polar surface area (TPSA) is 71.1 Å². The number of Topliss-reactive ketones (excluding diaryl/α,β-unsaturated/α-hetero) is 1. The lowest BCUT2D eigenvalue weighted by atomic mass is 9.87. The van der Waals surface area contributed by atoms with Crippen LogP contribution in [0.1, 0.15) is 57.1 Å². The fourth-order valence-electron chi connectivity index (χ4n) is 3.33. The standard InChI is InChI=1S/C22H30N4O2/c1-7-14(9-15(8-2)26-12-16(13-26)28-6)18-11-24-21-19(25-18)17(10-23-21)20(27)22(3,4)5/h7,9-11,16H,8,12-13H2,1-6H3,(H,23,24)/b14-7+,15-9+. The Labute approximate surface area is 166 Å². The van der Waals surface area contributed by atoms with Crippen molar-refractivity contribution >= 4 is 22.5 Å². The van der Waals surface area contributed by atoms with Gasteiger partial charge >= 0.3 is 0 Å². The lowest BCUT2D eigenvalue weighted by molar-refractivity contribution is -0.0127. The second-order valence-corrected chi connectivity index (χ2v) is 8.23. The lowest BCUT2D eigenvalue weighted by Crippen LogP contribution is -2.50. The van der Waals surface area contributed by atoms with Crippen LogP contribution in [-0.4, -0.2) is 51.9 Å². The van der Waals surface area contributed by atoms with Gasteiger partial charge in [-0.2, -0.15) is 0 Å². The lowest BCUT2D eigenvalue weighted by Gasteiger charge is -2.41. The molecular formula is C22H30N4O2. The van der Waals surface area contributed by atoms with Crippen molar-refractivity contribution in [3.63, 3.8) is 0 Å². The van der Waals surface area contributed by atoms with E-state index in [-0.39, 0.29) is 5.78 Å². The molecule has 6 nitrogen and oxygen atoms in total. The van der Waals surface area contributed by atoms with Gasteiger partial charge in [0.1, 0.15) is 5.52 Å². The number of nitrogens with zero attached hydrogens (tertiary/aromatic N) is 3. The number of H-pyrrole nitrogens is 1. The van der Waals surface area contributed by atoms with Crippen molar-refractivity contribution < 1.29 is 9.53 Å². The quantitative estimate of drug-likeness (QED) is 0.598. The van der Waals surface area contributed by atoms with Gasteiger partial charge in [-0.25, -0.2) is 9.97 Å². The van der Waals surface area contributed by atoms with Gasteiger partial charge in [0.25, 0.3) is 0 Å². The Morgan fingerprint density at radius 2 is 2.11 bits per heavy atom. The number of hydrogen-bond donors (Lipinski definition) is 1. The zero-order valence-corrected chi connectivity index (χ0v) is 17.7. The molecule has 1 fully saturated rings. The first kappa shape index (κ1) is 20.3. The number of carbonyl (C=O) groups is 1. The first-order valence-electron chi connectivity index (χ1n) is 9.82. The van der Waals surface area contributed by atoms with Crippen molar-refractivity contribution in [3.05, 3.63) is 41.5 Å². The molecule has 0 amide bonds. The molecule has 2 aromatic rings. The molecule has 3 rings (SSSR count). The van der Waals surface area contributed by atoms with Gasteiger partial charge in [0.2, 0.25) is 0 Å². The maximum Gasteiger partial charge on any atom is 0.171 e. The third-order valence-corrected chi connectivity index (χ3v) is 5.19. The van der Waals surface area contributed by atoms with Crippen LogP contribution < -0.4 is 0 Å². The van der Waals surface area contributed by atoms with Gasteiger partial charge in [0.15, 0.2) is 11.4 Å². The van der Waals surface area contributed by atoms with Crippen molar-refractivity contribution in [2.24, 2.45) is 5.41 Å². The Morgan fingerprint density at radius 1 is 1.39 bits per heavy atom. The van der Waals surface area contributed by atoms with Crippen molar-refractivity contribution in [2.75, 3.05) is 20.2 Å². The summed E-state index contributed by atoms with van der Waals surface area (Å²) in [6, 6.07) is 0. The van der Waals surface area contributed by atoms with Crippen LogP contribution in [0, 0.1) is 5.41 Å². The molecule has 0 saturated carbocycles. The molecule has 1 N–H and O–H groups in total. The summed E-state index contributed by atoms with van der Waals surface area (Å²) in [4.78, 5) is 27.5. The second-order valence-electron chi connectivity index (χ2n) is 8.23. The van der Waals surface area contributed by atoms with Crippen molar-refractivity contribution in [1.29, 1.82) is 0 Å². The molecule has 150 valence electrons. The maximum absolute atomic E-state index is 12.8. The van der Waals surface area contributed by atoms with Crippen molar-refractivity contribution in [1.82, 2.24) is 19.9 Å². The van der Waals surface area contributed by atoms with E-state index in [1.807, 2.05) is 33.8 Å². The number of ether oxygens (including phenoxy) is 1. The molecule has 1 aliphatic rings. The third-order valence-electron chi connectivity index (χ3n) is 5.19. The highest BCUT2D eigenvalue weighted by Crippen LogP contribution is 2.28. The van der Waals surface area contributed by atoms with Gasteiger partial charge in [0.05, 0.1) is 23.6 Å². The van der Waals surface area contributed by atoms with E-state index in [9.17, 15) is 4.79 Å². The third kappa shape index (κ3) is 3.87. The van der Waals surface area contributed by atoms with Crippen LogP contribution in [0.25, 0.3) is 16.7 Å². The highest BCUT2D eigenvalue weighted by Gasteiger charge is 2.28. The molecule has 0 aromatic carbocycles. The zero-order chi connectivity index (χ0) is 20.5. The normalized spacial score (nSPS) is 16.6. The zero-order valence-electron chi connectivity index (χ0n) is 17.7. The van der Waals surface area contributed by atoms with E-state index in [0.29, 0.717) is 22.8 Å².